The topological polar surface area (TPSA) is 43.4 Å². The van der Waals surface area contributed by atoms with Crippen molar-refractivity contribution in [3.8, 4) is 5.75 Å². The number of aryl methyl sites for hydroxylation is 1. The van der Waals surface area contributed by atoms with Crippen LogP contribution in [-0.2, 0) is 6.42 Å². The lowest BCUT2D eigenvalue weighted by molar-refractivity contribution is 0.0727. The number of hydrogen-bond donors (Lipinski definition) is 0. The van der Waals surface area contributed by atoms with Crippen molar-refractivity contribution < 1.29 is 23.1 Å². The molecule has 2 aromatic rings. The number of esters is 1. The second-order valence-corrected chi connectivity index (χ2v) is 5.52. The maximum Gasteiger partial charge on any atom is 0.346 e. The first-order valence-corrected chi connectivity index (χ1v) is 7.30. The number of ketones is 1. The van der Waals surface area contributed by atoms with E-state index < -0.39 is 17.6 Å². The fourth-order valence-electron chi connectivity index (χ4n) is 2.80. The van der Waals surface area contributed by atoms with Gasteiger partial charge in [-0.2, -0.15) is 0 Å². The summed E-state index contributed by atoms with van der Waals surface area (Å²) in [7, 11) is 0. The zero-order valence-electron chi connectivity index (χ0n) is 12.5. The molecule has 0 N–H and O–H groups in total. The Kier molecular flexibility index (Phi) is 3.94. The van der Waals surface area contributed by atoms with Gasteiger partial charge in [0.25, 0.3) is 0 Å². The molecule has 0 spiro atoms. The quantitative estimate of drug-likeness (QED) is 0.621. The van der Waals surface area contributed by atoms with E-state index in [2.05, 4.69) is 0 Å². The maximum absolute atomic E-state index is 13.7. The van der Waals surface area contributed by atoms with Crippen molar-refractivity contribution in [1.29, 1.82) is 0 Å². The van der Waals surface area contributed by atoms with Crippen molar-refractivity contribution in [2.45, 2.75) is 26.2 Å². The summed E-state index contributed by atoms with van der Waals surface area (Å²) in [6, 6.07) is 5.93. The van der Waals surface area contributed by atoms with Crippen molar-refractivity contribution in [1.82, 2.24) is 0 Å². The van der Waals surface area contributed by atoms with Gasteiger partial charge in [0.05, 0.1) is 11.1 Å². The largest absolute Gasteiger partial charge is 0.422 e. The van der Waals surface area contributed by atoms with E-state index in [-0.39, 0.29) is 17.1 Å². The summed E-state index contributed by atoms with van der Waals surface area (Å²) in [6.07, 6.45) is 1.89. The fourth-order valence-corrected chi connectivity index (χ4v) is 2.80. The van der Waals surface area contributed by atoms with Gasteiger partial charge in [-0.25, -0.2) is 13.6 Å². The standard InChI is InChI=1S/C18H14F2O3/c1-10-5-8-16(17-12(10)3-2-4-15(17)21)23-18(22)13-7-6-11(19)9-14(13)20/h5-9H,2-4H2,1H3. The number of carbonyl (C=O) groups is 2. The molecule has 1 aliphatic carbocycles. The van der Waals surface area contributed by atoms with Gasteiger partial charge in [0, 0.05) is 12.5 Å². The molecule has 0 saturated carbocycles. The molecule has 0 fully saturated rings. The normalized spacial score (nSPS) is 13.6. The highest BCUT2D eigenvalue weighted by Crippen LogP contribution is 2.32. The molecule has 0 aromatic heterocycles. The van der Waals surface area contributed by atoms with Crippen LogP contribution >= 0.6 is 0 Å². The van der Waals surface area contributed by atoms with Crippen LogP contribution in [0.2, 0.25) is 0 Å². The Bertz CT molecular complexity index is 812. The molecular weight excluding hydrogens is 302 g/mol. The van der Waals surface area contributed by atoms with Crippen LogP contribution in [0.5, 0.6) is 5.75 Å². The number of halogens is 2. The number of ether oxygens (including phenoxy) is 1. The Balaban J connectivity index is 1.97. The second kappa shape index (κ2) is 5.91. The second-order valence-electron chi connectivity index (χ2n) is 5.52. The van der Waals surface area contributed by atoms with Crippen molar-refractivity contribution in [2.24, 2.45) is 0 Å². The molecule has 118 valence electrons. The average Bonchev–Trinajstić information content (AvgIpc) is 2.50. The third-order valence-electron chi connectivity index (χ3n) is 3.97. The van der Waals surface area contributed by atoms with E-state index in [9.17, 15) is 18.4 Å². The van der Waals surface area contributed by atoms with Crippen molar-refractivity contribution in [2.75, 3.05) is 0 Å². The molecule has 5 heteroatoms. The third-order valence-corrected chi connectivity index (χ3v) is 3.97. The molecule has 0 amide bonds. The summed E-state index contributed by atoms with van der Waals surface area (Å²) >= 11 is 0. The Morgan fingerprint density at radius 2 is 1.91 bits per heavy atom. The van der Waals surface area contributed by atoms with E-state index in [4.69, 9.17) is 4.74 Å². The Morgan fingerprint density at radius 1 is 1.13 bits per heavy atom. The van der Waals surface area contributed by atoms with Gasteiger partial charge in [-0.05, 0) is 49.1 Å². The summed E-state index contributed by atoms with van der Waals surface area (Å²) in [4.78, 5) is 24.3. The summed E-state index contributed by atoms with van der Waals surface area (Å²) in [5.41, 5.74) is 1.85. The molecule has 0 aliphatic heterocycles. The number of hydrogen-bond acceptors (Lipinski definition) is 3. The molecule has 0 heterocycles. The molecule has 3 nitrogen and oxygen atoms in total. The molecule has 0 atom stereocenters. The van der Waals surface area contributed by atoms with E-state index in [1.807, 2.05) is 6.92 Å². The highest BCUT2D eigenvalue weighted by Gasteiger charge is 2.25. The summed E-state index contributed by atoms with van der Waals surface area (Å²) in [5, 5.41) is 0. The number of benzene rings is 2. The van der Waals surface area contributed by atoms with Gasteiger partial charge in [-0.3, -0.25) is 4.79 Å². The maximum atomic E-state index is 13.7. The van der Waals surface area contributed by atoms with Crippen LogP contribution in [0, 0.1) is 18.6 Å². The molecule has 0 saturated heterocycles. The predicted octanol–water partition coefficient (Wildman–Crippen LogP) is 4.01. The smallest absolute Gasteiger partial charge is 0.346 e. The highest BCUT2D eigenvalue weighted by molar-refractivity contribution is 6.02. The zero-order chi connectivity index (χ0) is 16.6. The minimum Gasteiger partial charge on any atom is -0.422 e. The van der Waals surface area contributed by atoms with Crippen molar-refractivity contribution >= 4 is 11.8 Å². The van der Waals surface area contributed by atoms with Gasteiger partial charge >= 0.3 is 5.97 Å². The van der Waals surface area contributed by atoms with Crippen molar-refractivity contribution in [3.63, 3.8) is 0 Å². The highest BCUT2D eigenvalue weighted by atomic mass is 19.1. The molecule has 0 bridgehead atoms. The van der Waals surface area contributed by atoms with Crippen molar-refractivity contribution in [3.05, 3.63) is 64.2 Å². The molecule has 0 radical (unpaired) electrons. The van der Waals surface area contributed by atoms with Gasteiger partial charge in [-0.15, -0.1) is 0 Å². The SMILES string of the molecule is Cc1ccc(OC(=O)c2ccc(F)cc2F)c2c1CCCC2=O. The number of carbonyl (C=O) groups excluding carboxylic acids is 2. The Morgan fingerprint density at radius 3 is 2.65 bits per heavy atom. The summed E-state index contributed by atoms with van der Waals surface area (Å²) in [6.45, 7) is 1.89. The van der Waals surface area contributed by atoms with E-state index in [1.165, 1.54) is 6.07 Å². The first-order valence-electron chi connectivity index (χ1n) is 7.30. The molecule has 3 rings (SSSR count). The number of Topliss-reactive ketones (excluding diaryl/α,β-unsaturated/α-hetero) is 1. The fraction of sp³-hybridized carbons (Fsp3) is 0.222. The minimum atomic E-state index is -0.998. The molecule has 23 heavy (non-hydrogen) atoms. The summed E-state index contributed by atoms with van der Waals surface area (Å²) < 4.78 is 31.8. The molecule has 0 unspecified atom stereocenters. The van der Waals surface area contributed by atoms with Crippen LogP contribution in [0.4, 0.5) is 8.78 Å². The van der Waals surface area contributed by atoms with Gasteiger partial charge < -0.3 is 4.74 Å². The average molecular weight is 316 g/mol. The van der Waals surface area contributed by atoms with E-state index in [0.717, 1.165) is 36.1 Å². The van der Waals surface area contributed by atoms with Crippen LogP contribution < -0.4 is 4.74 Å². The van der Waals surface area contributed by atoms with Gasteiger partial charge in [0.1, 0.15) is 17.4 Å². The van der Waals surface area contributed by atoms with Crippen LogP contribution in [0.3, 0.4) is 0 Å². The first-order chi connectivity index (χ1) is 11.0. The molecular formula is C18H14F2O3. The van der Waals surface area contributed by atoms with Crippen LogP contribution in [0.1, 0.15) is 44.7 Å². The number of fused-ring (bicyclic) bond motifs is 1. The van der Waals surface area contributed by atoms with E-state index >= 15 is 0 Å². The lowest BCUT2D eigenvalue weighted by Gasteiger charge is -2.20. The van der Waals surface area contributed by atoms with E-state index in [1.54, 1.807) is 6.07 Å². The van der Waals surface area contributed by atoms with Crippen LogP contribution in [-0.4, -0.2) is 11.8 Å². The lowest BCUT2D eigenvalue weighted by Crippen LogP contribution is -2.17. The van der Waals surface area contributed by atoms with Gasteiger partial charge in [0.15, 0.2) is 5.78 Å². The van der Waals surface area contributed by atoms with Gasteiger partial charge in [-0.1, -0.05) is 6.07 Å². The van der Waals surface area contributed by atoms with Crippen LogP contribution in [0.15, 0.2) is 30.3 Å². The van der Waals surface area contributed by atoms with E-state index in [0.29, 0.717) is 18.1 Å². The molecule has 1 aliphatic rings. The summed E-state index contributed by atoms with van der Waals surface area (Å²) in [5.74, 6) is -2.68. The third kappa shape index (κ3) is 2.86. The Hall–Kier alpha value is -2.56. The molecule has 2 aromatic carbocycles. The predicted molar refractivity (Wildman–Crippen MR) is 79.8 cm³/mol. The van der Waals surface area contributed by atoms with Crippen LogP contribution in [0.25, 0.3) is 0 Å². The minimum absolute atomic E-state index is 0.0858. The number of rotatable bonds is 2. The first kappa shape index (κ1) is 15.3. The van der Waals surface area contributed by atoms with Gasteiger partial charge in [0.2, 0.25) is 0 Å². The monoisotopic (exact) mass is 316 g/mol. The Labute approximate surface area is 131 Å². The lowest BCUT2D eigenvalue weighted by atomic mass is 9.87. The zero-order valence-corrected chi connectivity index (χ0v) is 12.5.